The summed E-state index contributed by atoms with van der Waals surface area (Å²) in [6, 6.07) is 10.5. The molecule has 1 aromatic carbocycles. The Hall–Kier alpha value is -1.94. The fourth-order valence-electron chi connectivity index (χ4n) is 2.89. The van der Waals surface area contributed by atoms with Crippen molar-refractivity contribution in [2.45, 2.75) is 6.42 Å². The van der Waals surface area contributed by atoms with Crippen LogP contribution in [0.5, 0.6) is 0 Å². The first-order valence-corrected chi connectivity index (χ1v) is 6.73. The Balaban J connectivity index is 1.95. The van der Waals surface area contributed by atoms with Gasteiger partial charge in [0.1, 0.15) is 0 Å². The minimum absolute atomic E-state index is 0.191. The van der Waals surface area contributed by atoms with E-state index in [-0.39, 0.29) is 5.11 Å². The van der Waals surface area contributed by atoms with Crippen LogP contribution >= 0.6 is 12.2 Å². The molecule has 19 heavy (non-hydrogen) atoms. The van der Waals surface area contributed by atoms with Crippen molar-refractivity contribution >= 4 is 29.1 Å². The topological polar surface area (TPSA) is 50.4 Å². The molecule has 0 amide bonds. The van der Waals surface area contributed by atoms with Gasteiger partial charge in [-0.05, 0) is 35.3 Å². The first-order chi connectivity index (χ1) is 9.25. The number of hydrogen-bond donors (Lipinski definition) is 2. The van der Waals surface area contributed by atoms with Crippen molar-refractivity contribution in [2.75, 3.05) is 0 Å². The smallest absolute Gasteiger partial charge is 0.184 e. The number of fused-ring (bicyclic) bond motifs is 2. The Bertz CT molecular complexity index is 587. The molecule has 0 aliphatic heterocycles. The highest BCUT2D eigenvalue weighted by atomic mass is 32.1. The molecule has 96 valence electrons. The summed E-state index contributed by atoms with van der Waals surface area (Å²) >= 11 is 4.75. The molecule has 0 saturated heterocycles. The van der Waals surface area contributed by atoms with Gasteiger partial charge in [0.05, 0.1) is 6.21 Å². The Labute approximate surface area is 117 Å². The van der Waals surface area contributed by atoms with Gasteiger partial charge in [-0.1, -0.05) is 42.5 Å². The Morgan fingerprint density at radius 2 is 2.00 bits per heavy atom. The quantitative estimate of drug-likeness (QED) is 0.383. The maximum atomic E-state index is 5.38. The zero-order chi connectivity index (χ0) is 13.2. The van der Waals surface area contributed by atoms with E-state index in [0.717, 1.165) is 6.42 Å². The van der Waals surface area contributed by atoms with Crippen LogP contribution in [0.3, 0.4) is 0 Å². The van der Waals surface area contributed by atoms with E-state index in [9.17, 15) is 0 Å². The fourth-order valence-corrected chi connectivity index (χ4v) is 2.94. The average molecular weight is 269 g/mol. The maximum Gasteiger partial charge on any atom is 0.184 e. The van der Waals surface area contributed by atoms with Crippen molar-refractivity contribution in [3.05, 3.63) is 53.6 Å². The molecule has 0 fully saturated rings. The number of nitrogens with zero attached hydrogens (tertiary/aromatic N) is 1. The van der Waals surface area contributed by atoms with E-state index in [2.05, 4.69) is 46.9 Å². The van der Waals surface area contributed by atoms with Gasteiger partial charge in [-0.2, -0.15) is 5.10 Å². The van der Waals surface area contributed by atoms with Crippen LogP contribution in [0.1, 0.15) is 12.0 Å². The minimum Gasteiger partial charge on any atom is -0.375 e. The molecule has 0 saturated carbocycles. The van der Waals surface area contributed by atoms with E-state index in [1.54, 1.807) is 0 Å². The summed E-state index contributed by atoms with van der Waals surface area (Å²) in [4.78, 5) is 0. The van der Waals surface area contributed by atoms with Gasteiger partial charge in [-0.3, -0.25) is 5.43 Å². The predicted molar refractivity (Wildman–Crippen MR) is 82.5 cm³/mol. The SMILES string of the molecule is NC(=S)N/N=C\C1=C(c2ccccc2)[C@@H]2C=C[C@@H]1C2. The molecule has 0 heterocycles. The van der Waals surface area contributed by atoms with Gasteiger partial charge in [-0.25, -0.2) is 0 Å². The molecule has 4 heteroatoms. The number of hydrogen-bond acceptors (Lipinski definition) is 2. The van der Waals surface area contributed by atoms with Gasteiger partial charge in [-0.15, -0.1) is 0 Å². The minimum atomic E-state index is 0.191. The second-order valence-electron chi connectivity index (χ2n) is 4.80. The number of allylic oxidation sites excluding steroid dienone is 4. The van der Waals surface area contributed by atoms with Crippen LogP contribution in [0.4, 0.5) is 0 Å². The number of thiocarbonyl (C=S) groups is 1. The molecule has 3 N–H and O–H groups in total. The lowest BCUT2D eigenvalue weighted by Crippen LogP contribution is -2.24. The van der Waals surface area contributed by atoms with E-state index < -0.39 is 0 Å². The van der Waals surface area contributed by atoms with Crippen LogP contribution in [0.25, 0.3) is 5.57 Å². The summed E-state index contributed by atoms with van der Waals surface area (Å²) in [6.45, 7) is 0. The van der Waals surface area contributed by atoms with Crippen molar-refractivity contribution < 1.29 is 0 Å². The zero-order valence-corrected chi connectivity index (χ0v) is 11.2. The van der Waals surface area contributed by atoms with Crippen LogP contribution in [-0.2, 0) is 0 Å². The largest absolute Gasteiger partial charge is 0.375 e. The highest BCUT2D eigenvalue weighted by Crippen LogP contribution is 2.47. The lowest BCUT2D eigenvalue weighted by molar-refractivity contribution is 0.730. The van der Waals surface area contributed by atoms with Crippen LogP contribution in [0.15, 0.2) is 53.2 Å². The highest BCUT2D eigenvalue weighted by Gasteiger charge is 2.34. The van der Waals surface area contributed by atoms with Crippen molar-refractivity contribution in [1.29, 1.82) is 0 Å². The second-order valence-corrected chi connectivity index (χ2v) is 5.24. The summed E-state index contributed by atoms with van der Waals surface area (Å²) in [5, 5.41) is 4.31. The van der Waals surface area contributed by atoms with Crippen molar-refractivity contribution in [3.63, 3.8) is 0 Å². The summed E-state index contributed by atoms with van der Waals surface area (Å²) in [6.07, 6.45) is 7.57. The van der Waals surface area contributed by atoms with Crippen LogP contribution in [0, 0.1) is 11.8 Å². The number of rotatable bonds is 3. The molecule has 2 atom stereocenters. The van der Waals surface area contributed by atoms with E-state index in [1.807, 2.05) is 12.3 Å². The van der Waals surface area contributed by atoms with Crippen LogP contribution < -0.4 is 11.2 Å². The lowest BCUT2D eigenvalue weighted by Gasteiger charge is -2.13. The van der Waals surface area contributed by atoms with Crippen LogP contribution in [0.2, 0.25) is 0 Å². The summed E-state index contributed by atoms with van der Waals surface area (Å²) in [5.74, 6) is 0.982. The third-order valence-corrected chi connectivity index (χ3v) is 3.72. The number of nitrogens with two attached hydrogens (primary N) is 1. The molecule has 0 spiro atoms. The number of nitrogens with one attached hydrogen (secondary N) is 1. The Kier molecular flexibility index (Phi) is 3.17. The van der Waals surface area contributed by atoms with E-state index in [1.165, 1.54) is 16.7 Å². The van der Waals surface area contributed by atoms with Gasteiger partial charge in [0, 0.05) is 11.8 Å². The standard InChI is InChI=1S/C15H15N3S/c16-15(19)18-17-9-13-11-6-7-12(8-11)14(13)10-4-2-1-3-5-10/h1-7,9,11-12H,8H2,(H3,16,18,19)/b17-9-/t11-,12-/m1/s1. The van der Waals surface area contributed by atoms with Gasteiger partial charge < -0.3 is 5.73 Å². The van der Waals surface area contributed by atoms with E-state index in [4.69, 9.17) is 18.0 Å². The van der Waals surface area contributed by atoms with E-state index in [0.29, 0.717) is 11.8 Å². The molecule has 2 aliphatic carbocycles. The molecule has 1 aromatic rings. The third-order valence-electron chi connectivity index (χ3n) is 3.63. The summed E-state index contributed by atoms with van der Waals surface area (Å²) < 4.78 is 0. The summed E-state index contributed by atoms with van der Waals surface area (Å²) in [5.41, 5.74) is 11.9. The fraction of sp³-hybridized carbons (Fsp3) is 0.200. The molecule has 0 radical (unpaired) electrons. The van der Waals surface area contributed by atoms with Gasteiger partial charge in [0.25, 0.3) is 0 Å². The Morgan fingerprint density at radius 3 is 2.74 bits per heavy atom. The van der Waals surface area contributed by atoms with Gasteiger partial charge in [0.15, 0.2) is 5.11 Å². The number of hydrazone groups is 1. The Morgan fingerprint density at radius 1 is 1.26 bits per heavy atom. The first-order valence-electron chi connectivity index (χ1n) is 6.32. The zero-order valence-electron chi connectivity index (χ0n) is 10.4. The molecule has 3 nitrogen and oxygen atoms in total. The molecular formula is C15H15N3S. The van der Waals surface area contributed by atoms with Crippen molar-refractivity contribution in [3.8, 4) is 0 Å². The van der Waals surface area contributed by atoms with E-state index >= 15 is 0 Å². The first kappa shape index (κ1) is 12.1. The molecule has 0 unspecified atom stereocenters. The van der Waals surface area contributed by atoms with Crippen molar-refractivity contribution in [2.24, 2.45) is 22.7 Å². The average Bonchev–Trinajstić information content (AvgIpc) is 3.00. The number of benzene rings is 1. The molecule has 0 aromatic heterocycles. The molecule has 3 rings (SSSR count). The third kappa shape index (κ3) is 2.31. The highest BCUT2D eigenvalue weighted by molar-refractivity contribution is 7.80. The monoisotopic (exact) mass is 269 g/mol. The van der Waals surface area contributed by atoms with Gasteiger partial charge in [0.2, 0.25) is 0 Å². The lowest BCUT2D eigenvalue weighted by atomic mass is 9.92. The summed E-state index contributed by atoms with van der Waals surface area (Å²) in [7, 11) is 0. The molecular weight excluding hydrogens is 254 g/mol. The molecule has 2 aliphatic rings. The normalized spacial score (nSPS) is 24.4. The predicted octanol–water partition coefficient (Wildman–Crippen LogP) is 2.47. The second kappa shape index (κ2) is 4.97. The van der Waals surface area contributed by atoms with Crippen molar-refractivity contribution in [1.82, 2.24) is 5.43 Å². The maximum absolute atomic E-state index is 5.38. The van der Waals surface area contributed by atoms with Gasteiger partial charge >= 0.3 is 0 Å². The van der Waals surface area contributed by atoms with Crippen LogP contribution in [-0.4, -0.2) is 11.3 Å². The molecule has 2 bridgehead atoms.